The molecule has 2 atom stereocenters. The Bertz CT molecular complexity index is 724. The zero-order valence-electron chi connectivity index (χ0n) is 19.7. The molecule has 1 N–H and O–H groups in total. The van der Waals surface area contributed by atoms with Crippen molar-refractivity contribution in [3.05, 3.63) is 0 Å². The third kappa shape index (κ3) is 4.27. The van der Waals surface area contributed by atoms with Crippen LogP contribution in [0.2, 0.25) is 0 Å². The van der Waals surface area contributed by atoms with Gasteiger partial charge in [-0.15, -0.1) is 0 Å². The van der Waals surface area contributed by atoms with Crippen molar-refractivity contribution in [2.45, 2.75) is 113 Å². The Labute approximate surface area is 199 Å². The highest BCUT2D eigenvalue weighted by Crippen LogP contribution is 2.61. The number of hydroxylamine groups is 2. The summed E-state index contributed by atoms with van der Waals surface area (Å²) in [5, 5.41) is 12.0. The first kappa shape index (κ1) is 23.7. The molecule has 0 aromatic carbocycles. The van der Waals surface area contributed by atoms with Crippen LogP contribution in [0.5, 0.6) is 0 Å². The molecular formula is C24H38INO5. The van der Waals surface area contributed by atoms with Gasteiger partial charge < -0.3 is 14.7 Å². The van der Waals surface area contributed by atoms with E-state index in [2.05, 4.69) is 22.6 Å². The van der Waals surface area contributed by atoms with Gasteiger partial charge in [-0.25, -0.2) is 0 Å². The van der Waals surface area contributed by atoms with Crippen LogP contribution in [-0.4, -0.2) is 48.9 Å². The fourth-order valence-corrected chi connectivity index (χ4v) is 7.35. The van der Waals surface area contributed by atoms with E-state index in [4.69, 9.17) is 9.47 Å². The van der Waals surface area contributed by atoms with E-state index in [0.29, 0.717) is 18.8 Å². The van der Waals surface area contributed by atoms with Crippen molar-refractivity contribution in [1.29, 1.82) is 0 Å². The summed E-state index contributed by atoms with van der Waals surface area (Å²) in [4.78, 5) is 26.1. The van der Waals surface area contributed by atoms with Crippen molar-refractivity contribution < 1.29 is 24.3 Å². The third-order valence-electron chi connectivity index (χ3n) is 8.22. The van der Waals surface area contributed by atoms with Gasteiger partial charge in [-0.2, -0.15) is 5.06 Å². The summed E-state index contributed by atoms with van der Waals surface area (Å²) in [5.41, 5.74) is -1.32. The molecule has 5 aliphatic rings. The number of esters is 2. The van der Waals surface area contributed by atoms with Crippen LogP contribution in [0, 0.1) is 23.2 Å². The molecule has 4 aliphatic carbocycles. The van der Waals surface area contributed by atoms with Gasteiger partial charge in [0.15, 0.2) is 0 Å². The molecule has 7 heteroatoms. The Morgan fingerprint density at radius 2 is 1.45 bits per heavy atom. The molecule has 1 saturated heterocycles. The molecule has 176 valence electrons. The summed E-state index contributed by atoms with van der Waals surface area (Å²) in [6, 6.07) is 0. The van der Waals surface area contributed by atoms with E-state index < -0.39 is 19.9 Å². The lowest BCUT2D eigenvalue weighted by atomic mass is 9.48. The lowest BCUT2D eigenvalue weighted by Crippen LogP contribution is -2.62. The number of halogens is 1. The number of ether oxygens (including phenoxy) is 2. The van der Waals surface area contributed by atoms with Crippen molar-refractivity contribution >= 4 is 34.5 Å². The van der Waals surface area contributed by atoms with Gasteiger partial charge >= 0.3 is 11.9 Å². The van der Waals surface area contributed by atoms with E-state index >= 15 is 0 Å². The SMILES string of the molecule is CC(C)(I)C(=O)OC1C2CC3CC1CC(C(=O)OC1CC(C)(C)N(O)C(C)(C)C1)(C3)C2. The van der Waals surface area contributed by atoms with Crippen LogP contribution >= 0.6 is 22.6 Å². The fourth-order valence-electron chi connectivity index (χ4n) is 7.22. The Morgan fingerprint density at radius 3 is 1.94 bits per heavy atom. The number of piperidine rings is 1. The Kier molecular flexibility index (Phi) is 5.78. The first-order valence-corrected chi connectivity index (χ1v) is 12.8. The second-order valence-corrected chi connectivity index (χ2v) is 15.2. The normalized spacial score (nSPS) is 39.4. The van der Waals surface area contributed by atoms with Crippen LogP contribution in [0.15, 0.2) is 0 Å². The van der Waals surface area contributed by atoms with Gasteiger partial charge in [-0.1, -0.05) is 22.6 Å². The van der Waals surface area contributed by atoms with E-state index in [1.807, 2.05) is 41.5 Å². The van der Waals surface area contributed by atoms with Crippen LogP contribution in [0.1, 0.15) is 86.5 Å². The van der Waals surface area contributed by atoms with Crippen molar-refractivity contribution in [2.24, 2.45) is 23.2 Å². The summed E-state index contributed by atoms with van der Waals surface area (Å²) in [6.45, 7) is 11.7. The van der Waals surface area contributed by atoms with Crippen LogP contribution in [0.4, 0.5) is 0 Å². The predicted molar refractivity (Wildman–Crippen MR) is 125 cm³/mol. The molecule has 5 fully saturated rings. The predicted octanol–water partition coefficient (Wildman–Crippen LogP) is 4.89. The second-order valence-electron chi connectivity index (χ2n) is 12.5. The molecule has 0 aromatic heterocycles. The van der Waals surface area contributed by atoms with Crippen LogP contribution < -0.4 is 0 Å². The average molecular weight is 547 g/mol. The van der Waals surface area contributed by atoms with Crippen molar-refractivity contribution in [3.8, 4) is 0 Å². The fraction of sp³-hybridized carbons (Fsp3) is 0.917. The summed E-state index contributed by atoms with van der Waals surface area (Å²) >= 11 is 2.14. The minimum Gasteiger partial charge on any atom is -0.462 e. The summed E-state index contributed by atoms with van der Waals surface area (Å²) in [6.07, 6.45) is 5.53. The minimum absolute atomic E-state index is 0.0606. The van der Waals surface area contributed by atoms with E-state index in [9.17, 15) is 14.8 Å². The maximum Gasteiger partial charge on any atom is 0.321 e. The van der Waals surface area contributed by atoms with Gasteiger partial charge in [0.2, 0.25) is 0 Å². The minimum atomic E-state index is -0.537. The molecule has 4 saturated carbocycles. The van der Waals surface area contributed by atoms with Crippen LogP contribution in [0.3, 0.4) is 0 Å². The van der Waals surface area contributed by atoms with Gasteiger partial charge in [0.05, 0.1) is 5.41 Å². The zero-order valence-corrected chi connectivity index (χ0v) is 21.9. The molecule has 0 amide bonds. The summed E-state index contributed by atoms with van der Waals surface area (Å²) < 4.78 is 11.6. The van der Waals surface area contributed by atoms with Gasteiger partial charge in [-0.3, -0.25) is 9.59 Å². The molecule has 31 heavy (non-hydrogen) atoms. The molecule has 5 rings (SSSR count). The van der Waals surface area contributed by atoms with Crippen molar-refractivity contribution in [1.82, 2.24) is 5.06 Å². The first-order valence-electron chi connectivity index (χ1n) is 11.7. The highest BCUT2D eigenvalue weighted by atomic mass is 127. The molecule has 0 aromatic rings. The first-order chi connectivity index (χ1) is 14.1. The highest BCUT2D eigenvalue weighted by molar-refractivity contribution is 14.1. The molecular weight excluding hydrogens is 509 g/mol. The number of nitrogens with zero attached hydrogens (tertiary/aromatic N) is 1. The Hall–Kier alpha value is -0.410. The smallest absolute Gasteiger partial charge is 0.321 e. The van der Waals surface area contributed by atoms with Crippen molar-refractivity contribution in [2.75, 3.05) is 0 Å². The molecule has 0 spiro atoms. The lowest BCUT2D eigenvalue weighted by molar-refractivity contribution is -0.262. The van der Waals surface area contributed by atoms with Crippen molar-refractivity contribution in [3.63, 3.8) is 0 Å². The third-order valence-corrected chi connectivity index (χ3v) is 8.66. The van der Waals surface area contributed by atoms with Crippen LogP contribution in [-0.2, 0) is 19.1 Å². The number of hydrogen-bond donors (Lipinski definition) is 1. The van der Waals surface area contributed by atoms with Gasteiger partial charge in [0.1, 0.15) is 15.6 Å². The monoisotopic (exact) mass is 547 g/mol. The maximum absolute atomic E-state index is 13.5. The average Bonchev–Trinajstić information content (AvgIpc) is 2.60. The van der Waals surface area contributed by atoms with Gasteiger partial charge in [0.25, 0.3) is 0 Å². The summed E-state index contributed by atoms with van der Waals surface area (Å²) in [7, 11) is 0. The van der Waals surface area contributed by atoms with Gasteiger partial charge in [-0.05, 0) is 91.4 Å². The molecule has 0 radical (unpaired) electrons. The van der Waals surface area contributed by atoms with Crippen LogP contribution in [0.25, 0.3) is 0 Å². The number of hydrogen-bond acceptors (Lipinski definition) is 6. The Balaban J connectivity index is 1.46. The second kappa shape index (κ2) is 7.55. The molecule has 1 heterocycles. The molecule has 4 bridgehead atoms. The van der Waals surface area contributed by atoms with E-state index in [1.54, 1.807) is 0 Å². The van der Waals surface area contributed by atoms with E-state index in [-0.39, 0.29) is 36.0 Å². The van der Waals surface area contributed by atoms with E-state index in [1.165, 1.54) is 5.06 Å². The summed E-state index contributed by atoms with van der Waals surface area (Å²) in [5.74, 6) is 0.832. The lowest BCUT2D eigenvalue weighted by Gasteiger charge is -2.58. The maximum atomic E-state index is 13.5. The van der Waals surface area contributed by atoms with Gasteiger partial charge in [0, 0.05) is 23.9 Å². The molecule has 1 aliphatic heterocycles. The standard InChI is InChI=1S/C24H38INO5/c1-21(2)12-17(13-22(3,4)26(21)29)30-20(28)24-9-14-7-15(10-24)18(16(8-14)11-24)31-19(27)23(5,6)25/h14-18,29H,7-13H2,1-6H3. The Morgan fingerprint density at radius 1 is 0.935 bits per heavy atom. The van der Waals surface area contributed by atoms with E-state index in [0.717, 1.165) is 32.1 Å². The molecule has 6 nitrogen and oxygen atoms in total. The zero-order chi connectivity index (χ0) is 23.0. The largest absolute Gasteiger partial charge is 0.462 e. The number of alkyl halides is 1. The number of carbonyl (C=O) groups is 2. The number of rotatable bonds is 4. The highest BCUT2D eigenvalue weighted by Gasteiger charge is 2.61. The molecule has 2 unspecified atom stereocenters. The quantitative estimate of drug-likeness (QED) is 0.307. The topological polar surface area (TPSA) is 76.1 Å². The number of carbonyl (C=O) groups excluding carboxylic acids is 2.